The molecule has 0 rings (SSSR count). The van der Waals surface area contributed by atoms with Gasteiger partial charge in [0.2, 0.25) is 0 Å². The van der Waals surface area contributed by atoms with E-state index in [2.05, 4.69) is 4.74 Å². The van der Waals surface area contributed by atoms with Crippen LogP contribution in [0.15, 0.2) is 0 Å². The van der Waals surface area contributed by atoms with E-state index >= 15 is 0 Å². The molecule has 0 N–H and O–H groups in total. The van der Waals surface area contributed by atoms with E-state index in [0.717, 1.165) is 6.61 Å². The average Bonchev–Trinajstić information content (AvgIpc) is 1.41. The predicted molar refractivity (Wildman–Crippen MR) is 17.3 cm³/mol. The molecule has 0 saturated heterocycles. The first-order valence-electron chi connectivity index (χ1n) is 1.32. The molecule has 0 aromatic carbocycles. The Bertz CT molecular complexity index is 18.3. The van der Waals surface area contributed by atoms with Crippen molar-refractivity contribution < 1.29 is 41.8 Å². The zero-order valence-electron chi connectivity index (χ0n) is 3.65. The Morgan fingerprint density at radius 2 is 2.33 bits per heavy atom. The molecule has 0 atom stereocenters. The topological polar surface area (TPSA) is 9.23 Å². The number of rotatable bonds is 2. The third-order valence-electron chi connectivity index (χ3n) is 0.230. The fourth-order valence-corrected chi connectivity index (χ4v) is 0.0630. The molecule has 0 fully saturated rings. The van der Waals surface area contributed by atoms with Crippen molar-refractivity contribution in [2.75, 3.05) is 13.8 Å². The Morgan fingerprint density at radius 1 is 1.83 bits per heavy atom. The van der Waals surface area contributed by atoms with Crippen LogP contribution in [0.3, 0.4) is 0 Å². The normalized spacial score (nSPS) is 7.00. The van der Waals surface area contributed by atoms with E-state index in [1.807, 2.05) is 0 Å². The van der Waals surface area contributed by atoms with Crippen LogP contribution in [0.5, 0.6) is 0 Å². The number of hydrogen-bond acceptors (Lipinski definition) is 1. The van der Waals surface area contributed by atoms with E-state index < -0.39 is 6.67 Å². The van der Waals surface area contributed by atoms with Crippen LogP contribution in [0.2, 0.25) is 0 Å². The maximum atomic E-state index is 10.8. The molecule has 0 unspecified atom stereocenters. The summed E-state index contributed by atoms with van der Waals surface area (Å²) in [4.78, 5) is 0. The standard InChI is InChI=1S/C3H6FO.Y/c1-5-3-2-4;/h3H,2H2,1H3;/q-1;. The van der Waals surface area contributed by atoms with Gasteiger partial charge in [0.25, 0.3) is 0 Å². The second-order valence-corrected chi connectivity index (χ2v) is 0.557. The summed E-state index contributed by atoms with van der Waals surface area (Å²) in [5.41, 5.74) is 0. The Kier molecular flexibility index (Phi) is 15.7. The summed E-state index contributed by atoms with van der Waals surface area (Å²) >= 11 is 0. The zero-order chi connectivity index (χ0) is 4.12. The van der Waals surface area contributed by atoms with E-state index in [1.54, 1.807) is 0 Å². The summed E-state index contributed by atoms with van der Waals surface area (Å²) in [5, 5.41) is 0. The van der Waals surface area contributed by atoms with Crippen LogP contribution in [0.1, 0.15) is 0 Å². The van der Waals surface area contributed by atoms with Crippen LogP contribution >= 0.6 is 0 Å². The third kappa shape index (κ3) is 8.89. The Labute approximate surface area is 62.1 Å². The third-order valence-corrected chi connectivity index (χ3v) is 0.230. The second kappa shape index (κ2) is 9.37. The van der Waals surface area contributed by atoms with Gasteiger partial charge >= 0.3 is 0 Å². The van der Waals surface area contributed by atoms with Crippen molar-refractivity contribution in [2.45, 2.75) is 0 Å². The molecule has 0 aliphatic rings. The van der Waals surface area contributed by atoms with Crippen molar-refractivity contribution >= 4 is 0 Å². The first-order chi connectivity index (χ1) is 2.41. The molecule has 1 nitrogen and oxygen atoms in total. The van der Waals surface area contributed by atoms with Crippen LogP contribution in [0.4, 0.5) is 4.39 Å². The largest absolute Gasteiger partial charge is 0.552 e. The number of ether oxygens (including phenoxy) is 1. The van der Waals surface area contributed by atoms with Crippen LogP contribution in [0.25, 0.3) is 0 Å². The summed E-state index contributed by atoms with van der Waals surface area (Å²) in [7, 11) is 1.42. The van der Waals surface area contributed by atoms with E-state index in [0.29, 0.717) is 0 Å². The van der Waals surface area contributed by atoms with Gasteiger partial charge in [0.05, 0.1) is 0 Å². The molecule has 35 valence electrons. The number of hydrogen-bond donors (Lipinski definition) is 0. The van der Waals surface area contributed by atoms with Crippen molar-refractivity contribution in [1.29, 1.82) is 0 Å². The number of methoxy groups -OCH3 is 1. The van der Waals surface area contributed by atoms with Crippen molar-refractivity contribution in [2.24, 2.45) is 0 Å². The zero-order valence-corrected chi connectivity index (χ0v) is 6.49. The van der Waals surface area contributed by atoms with Gasteiger partial charge in [-0.3, -0.25) is 4.39 Å². The van der Waals surface area contributed by atoms with Crippen LogP contribution < -0.4 is 0 Å². The number of halogens is 1. The fraction of sp³-hybridized carbons (Fsp3) is 0.667. The van der Waals surface area contributed by atoms with Gasteiger partial charge in [-0.2, -0.15) is 6.61 Å². The molecule has 3 heteroatoms. The average molecular weight is 166 g/mol. The van der Waals surface area contributed by atoms with E-state index in [-0.39, 0.29) is 32.7 Å². The van der Waals surface area contributed by atoms with E-state index in [1.165, 1.54) is 7.11 Å². The van der Waals surface area contributed by atoms with Crippen molar-refractivity contribution in [1.82, 2.24) is 0 Å². The first kappa shape index (κ1) is 10.1. The summed E-state index contributed by atoms with van der Waals surface area (Å²) in [6.45, 7) is 0.580. The summed E-state index contributed by atoms with van der Waals surface area (Å²) in [5.74, 6) is 0. The van der Waals surface area contributed by atoms with Crippen LogP contribution in [-0.2, 0) is 37.4 Å². The maximum Gasteiger partial charge on any atom is 0 e. The van der Waals surface area contributed by atoms with E-state index in [9.17, 15) is 4.39 Å². The molecule has 0 aromatic rings. The summed E-state index contributed by atoms with van der Waals surface area (Å²) in [6, 6.07) is 0. The first-order valence-corrected chi connectivity index (χ1v) is 1.32. The van der Waals surface area contributed by atoms with Gasteiger partial charge in [-0.05, 0) is 13.8 Å². The van der Waals surface area contributed by atoms with Gasteiger partial charge in [0, 0.05) is 32.7 Å². The van der Waals surface area contributed by atoms with Gasteiger partial charge in [-0.1, -0.05) is 0 Å². The van der Waals surface area contributed by atoms with Gasteiger partial charge in [-0.25, -0.2) is 0 Å². The number of alkyl halides is 1. The second-order valence-electron chi connectivity index (χ2n) is 0.557. The van der Waals surface area contributed by atoms with Crippen molar-refractivity contribution in [3.05, 3.63) is 6.61 Å². The quantitative estimate of drug-likeness (QED) is 0.550. The summed E-state index contributed by atoms with van der Waals surface area (Å²) in [6.07, 6.45) is 0. The molecular formula is C3H6FOY-. The van der Waals surface area contributed by atoms with Gasteiger partial charge in [-0.15, -0.1) is 0 Å². The van der Waals surface area contributed by atoms with Crippen LogP contribution in [-0.4, -0.2) is 13.8 Å². The molecule has 0 aromatic heterocycles. The van der Waals surface area contributed by atoms with Crippen molar-refractivity contribution in [3.63, 3.8) is 0 Å². The smallest absolute Gasteiger partial charge is 0 e. The minimum absolute atomic E-state index is 0. The molecule has 0 bridgehead atoms. The monoisotopic (exact) mass is 166 g/mol. The Balaban J connectivity index is 0. The van der Waals surface area contributed by atoms with Gasteiger partial charge in [0.1, 0.15) is 0 Å². The molecule has 6 heavy (non-hydrogen) atoms. The Hall–Kier alpha value is 0.994. The molecule has 0 aliphatic heterocycles. The van der Waals surface area contributed by atoms with Crippen molar-refractivity contribution in [3.8, 4) is 0 Å². The Morgan fingerprint density at radius 3 is 2.33 bits per heavy atom. The van der Waals surface area contributed by atoms with Gasteiger partial charge in [0.15, 0.2) is 0 Å². The minimum Gasteiger partial charge on any atom is -0.552 e. The SMILES string of the molecule is CO[CH-]CF.[Y]. The van der Waals surface area contributed by atoms with Crippen LogP contribution in [0, 0.1) is 6.61 Å². The molecule has 0 amide bonds. The predicted octanol–water partition coefficient (Wildman–Crippen LogP) is 0.762. The molecular weight excluding hydrogens is 160 g/mol. The molecule has 0 saturated carbocycles. The summed E-state index contributed by atoms with van der Waals surface area (Å²) < 4.78 is 15.0. The van der Waals surface area contributed by atoms with Gasteiger partial charge < -0.3 is 4.74 Å². The molecule has 0 spiro atoms. The fourth-order valence-electron chi connectivity index (χ4n) is 0.0630. The molecule has 0 heterocycles. The minimum atomic E-state index is -0.503. The maximum absolute atomic E-state index is 10.8. The molecule has 0 aliphatic carbocycles. The van der Waals surface area contributed by atoms with E-state index in [4.69, 9.17) is 0 Å². The molecule has 1 radical (unpaired) electrons.